The van der Waals surface area contributed by atoms with Crippen LogP contribution in [0.2, 0.25) is 0 Å². The average Bonchev–Trinajstić information content (AvgIpc) is 3.12. The molecule has 0 amide bonds. The van der Waals surface area contributed by atoms with Crippen LogP contribution in [0.3, 0.4) is 0 Å². The molecule has 146 valence electrons. The minimum Gasteiger partial charge on any atom is -0.370 e. The maximum absolute atomic E-state index is 10.9. The lowest BCUT2D eigenvalue weighted by Crippen LogP contribution is -2.21. The van der Waals surface area contributed by atoms with Crippen LogP contribution in [0.25, 0.3) is 0 Å². The number of halogens is 2. The second-order valence-corrected chi connectivity index (χ2v) is 9.27. The van der Waals surface area contributed by atoms with Gasteiger partial charge in [-0.15, -0.1) is 0 Å². The number of rotatable bonds is 5. The molecular formula is C19H17Br2N3O4. The van der Waals surface area contributed by atoms with Gasteiger partial charge in [0, 0.05) is 46.3 Å². The summed E-state index contributed by atoms with van der Waals surface area (Å²) in [4.78, 5) is 23.3. The van der Waals surface area contributed by atoms with Gasteiger partial charge in [0.25, 0.3) is 11.4 Å². The van der Waals surface area contributed by atoms with E-state index in [9.17, 15) is 20.2 Å². The van der Waals surface area contributed by atoms with E-state index in [1.165, 1.54) is 0 Å². The summed E-state index contributed by atoms with van der Waals surface area (Å²) >= 11 is 6.94. The van der Waals surface area contributed by atoms with Gasteiger partial charge in [0.15, 0.2) is 0 Å². The van der Waals surface area contributed by atoms with E-state index in [4.69, 9.17) is 0 Å². The minimum absolute atomic E-state index is 0.0804. The van der Waals surface area contributed by atoms with Gasteiger partial charge in [-0.1, -0.05) is 22.0 Å². The summed E-state index contributed by atoms with van der Waals surface area (Å²) in [7, 11) is 0. The van der Waals surface area contributed by atoms with Gasteiger partial charge in [-0.3, -0.25) is 20.2 Å². The fourth-order valence-electron chi connectivity index (χ4n) is 4.27. The van der Waals surface area contributed by atoms with Gasteiger partial charge in [-0.2, -0.15) is 0 Å². The van der Waals surface area contributed by atoms with Crippen molar-refractivity contribution in [2.24, 2.45) is 11.3 Å². The molecule has 4 rings (SSSR count). The van der Waals surface area contributed by atoms with Gasteiger partial charge >= 0.3 is 0 Å². The first-order valence-corrected chi connectivity index (χ1v) is 10.5. The van der Waals surface area contributed by atoms with E-state index in [1.807, 2.05) is 12.1 Å². The maximum atomic E-state index is 10.9. The molecule has 1 saturated carbocycles. The molecule has 2 aliphatic rings. The number of benzene rings is 2. The minimum atomic E-state index is -0.390. The predicted octanol–water partition coefficient (Wildman–Crippen LogP) is 5.49. The third-order valence-corrected chi connectivity index (χ3v) is 7.31. The number of hydrogen-bond donors (Lipinski definition) is 0. The monoisotopic (exact) mass is 509 g/mol. The zero-order valence-corrected chi connectivity index (χ0v) is 18.0. The third-order valence-electron chi connectivity index (χ3n) is 5.94. The summed E-state index contributed by atoms with van der Waals surface area (Å²) in [6.07, 6.45) is 3.12. The summed E-state index contributed by atoms with van der Waals surface area (Å²) < 4.78 is 1.53. The first-order valence-electron chi connectivity index (χ1n) is 8.91. The predicted molar refractivity (Wildman–Crippen MR) is 113 cm³/mol. The standard InChI is InChI=1S/C19H17Br2N3O4/c20-16-8-14(23(25)26)2-1-12(16)7-13-10-19(13)5-6-22(11-19)18-4-3-15(24(27)28)9-17(18)21/h1-4,8-9,13H,5-7,10-11H2. The molecule has 2 unspecified atom stereocenters. The van der Waals surface area contributed by atoms with Crippen LogP contribution < -0.4 is 4.90 Å². The van der Waals surface area contributed by atoms with Gasteiger partial charge in [-0.25, -0.2) is 0 Å². The molecular weight excluding hydrogens is 494 g/mol. The number of hydrogen-bond acceptors (Lipinski definition) is 5. The lowest BCUT2D eigenvalue weighted by Gasteiger charge is -2.20. The Morgan fingerprint density at radius 2 is 1.68 bits per heavy atom. The van der Waals surface area contributed by atoms with E-state index < -0.39 is 0 Å². The highest BCUT2D eigenvalue weighted by Gasteiger charge is 2.57. The van der Waals surface area contributed by atoms with E-state index >= 15 is 0 Å². The van der Waals surface area contributed by atoms with Gasteiger partial charge in [-0.05, 0) is 58.2 Å². The van der Waals surface area contributed by atoms with Crippen LogP contribution >= 0.6 is 31.9 Å². The van der Waals surface area contributed by atoms with Crippen LogP contribution in [0.15, 0.2) is 45.3 Å². The van der Waals surface area contributed by atoms with Crippen molar-refractivity contribution in [3.8, 4) is 0 Å². The van der Waals surface area contributed by atoms with Gasteiger partial charge in [0.05, 0.1) is 15.5 Å². The highest BCUT2D eigenvalue weighted by Crippen LogP contribution is 2.60. The molecule has 1 aliphatic heterocycles. The van der Waals surface area contributed by atoms with Crippen molar-refractivity contribution in [2.45, 2.75) is 19.3 Å². The summed E-state index contributed by atoms with van der Waals surface area (Å²) in [5, 5.41) is 21.8. The van der Waals surface area contributed by atoms with Crippen LogP contribution in [-0.4, -0.2) is 22.9 Å². The molecule has 1 saturated heterocycles. The number of nitro benzene ring substituents is 2. The quantitative estimate of drug-likeness (QED) is 0.392. The Morgan fingerprint density at radius 3 is 2.29 bits per heavy atom. The lowest BCUT2D eigenvalue weighted by molar-refractivity contribution is -0.385. The Balaban J connectivity index is 1.44. The highest BCUT2D eigenvalue weighted by atomic mass is 79.9. The zero-order chi connectivity index (χ0) is 20.1. The SMILES string of the molecule is O=[N+]([O-])c1ccc(CC2CC23CCN(c2ccc([N+](=O)[O-])cc2Br)C3)c(Br)c1. The number of nitro groups is 2. The largest absolute Gasteiger partial charge is 0.370 e. The van der Waals surface area contributed by atoms with Crippen LogP contribution in [0, 0.1) is 31.6 Å². The van der Waals surface area contributed by atoms with Gasteiger partial charge in [0.1, 0.15) is 0 Å². The molecule has 0 aromatic heterocycles. The summed E-state index contributed by atoms with van der Waals surface area (Å²) in [5.41, 5.74) is 2.53. The molecule has 1 spiro atoms. The maximum Gasteiger partial charge on any atom is 0.270 e. The number of nitrogens with zero attached hydrogens (tertiary/aromatic N) is 3. The Bertz CT molecular complexity index is 984. The molecule has 2 fully saturated rings. The van der Waals surface area contributed by atoms with Crippen molar-refractivity contribution in [1.82, 2.24) is 0 Å². The Labute approximate surface area is 178 Å². The first kappa shape index (κ1) is 19.3. The molecule has 2 atom stereocenters. The second-order valence-electron chi connectivity index (χ2n) is 7.56. The van der Waals surface area contributed by atoms with E-state index in [0.29, 0.717) is 5.92 Å². The van der Waals surface area contributed by atoms with Crippen LogP contribution in [0.1, 0.15) is 18.4 Å². The van der Waals surface area contributed by atoms with Crippen molar-refractivity contribution in [1.29, 1.82) is 0 Å². The van der Waals surface area contributed by atoms with E-state index in [1.54, 1.807) is 24.3 Å². The molecule has 0 bridgehead atoms. The van der Waals surface area contributed by atoms with Crippen LogP contribution in [0.4, 0.5) is 17.1 Å². The average molecular weight is 511 g/mol. The Kier molecular flexibility index (Phi) is 4.91. The molecule has 9 heteroatoms. The Morgan fingerprint density at radius 1 is 1.04 bits per heavy atom. The van der Waals surface area contributed by atoms with Crippen molar-refractivity contribution >= 4 is 48.9 Å². The van der Waals surface area contributed by atoms with Gasteiger partial charge in [0.2, 0.25) is 0 Å². The molecule has 1 heterocycles. The van der Waals surface area contributed by atoms with Crippen molar-refractivity contribution in [3.05, 3.63) is 71.1 Å². The third kappa shape index (κ3) is 3.53. The van der Waals surface area contributed by atoms with Crippen molar-refractivity contribution in [2.75, 3.05) is 18.0 Å². The summed E-state index contributed by atoms with van der Waals surface area (Å²) in [6, 6.07) is 9.88. The molecule has 1 aliphatic carbocycles. The molecule has 2 aromatic rings. The summed E-state index contributed by atoms with van der Waals surface area (Å²) in [5.74, 6) is 0.548. The lowest BCUT2D eigenvalue weighted by atomic mass is 9.98. The molecule has 0 N–H and O–H groups in total. The molecule has 7 nitrogen and oxygen atoms in total. The molecule has 28 heavy (non-hydrogen) atoms. The van der Waals surface area contributed by atoms with E-state index in [2.05, 4.69) is 36.8 Å². The Hall–Kier alpha value is -2.00. The highest BCUT2D eigenvalue weighted by molar-refractivity contribution is 9.11. The molecule has 0 radical (unpaired) electrons. The van der Waals surface area contributed by atoms with Crippen LogP contribution in [0.5, 0.6) is 0 Å². The van der Waals surface area contributed by atoms with E-state index in [0.717, 1.165) is 52.5 Å². The van der Waals surface area contributed by atoms with Gasteiger partial charge < -0.3 is 4.90 Å². The normalized spacial score (nSPS) is 23.2. The topological polar surface area (TPSA) is 89.5 Å². The van der Waals surface area contributed by atoms with Crippen molar-refractivity contribution < 1.29 is 9.85 Å². The number of non-ortho nitro benzene ring substituents is 2. The first-order chi connectivity index (χ1) is 13.3. The van der Waals surface area contributed by atoms with Crippen LogP contribution in [-0.2, 0) is 6.42 Å². The second kappa shape index (κ2) is 7.11. The molecule has 2 aromatic carbocycles. The van der Waals surface area contributed by atoms with E-state index in [-0.39, 0.29) is 26.6 Å². The van der Waals surface area contributed by atoms with Crippen molar-refractivity contribution in [3.63, 3.8) is 0 Å². The fraction of sp³-hybridized carbons (Fsp3) is 0.368. The fourth-order valence-corrected chi connectivity index (χ4v) is 5.41. The summed E-state index contributed by atoms with van der Waals surface area (Å²) in [6.45, 7) is 1.85. The zero-order valence-electron chi connectivity index (χ0n) is 14.8. The smallest absolute Gasteiger partial charge is 0.270 e. The number of anilines is 1.